The molecule has 0 spiro atoms. The number of carbonyl (C=O) groups excluding carboxylic acids is 2. The normalized spacial score (nSPS) is 27.8. The molecule has 2 heterocycles. The highest BCUT2D eigenvalue weighted by Gasteiger charge is 2.48. The van der Waals surface area contributed by atoms with E-state index in [1.165, 1.54) is 17.7 Å². The Morgan fingerprint density at radius 3 is 2.12 bits per heavy atom. The number of rotatable bonds is 7. The Morgan fingerprint density at radius 1 is 0.848 bits per heavy atom. The third kappa shape index (κ3) is 4.90. The zero-order valence-corrected chi connectivity index (χ0v) is 19.5. The number of imide groups is 1. The van der Waals surface area contributed by atoms with Crippen LogP contribution in [0.4, 0.5) is 5.69 Å². The molecule has 2 saturated carbocycles. The predicted octanol–water partition coefficient (Wildman–Crippen LogP) is 2.67. The van der Waals surface area contributed by atoms with Gasteiger partial charge in [0.05, 0.1) is 36.3 Å². The van der Waals surface area contributed by atoms with Crippen LogP contribution in [0.5, 0.6) is 5.75 Å². The monoisotopic (exact) mass is 455 g/mol. The maximum atomic E-state index is 12.7. The Balaban J connectivity index is 1.12. The fourth-order valence-electron chi connectivity index (χ4n) is 6.15. The molecular formula is C26H37N3O4. The second kappa shape index (κ2) is 10.0. The molecule has 4 aliphatic rings. The maximum absolute atomic E-state index is 12.7. The third-order valence-corrected chi connectivity index (χ3v) is 7.97. The van der Waals surface area contributed by atoms with Crippen molar-refractivity contribution in [3.05, 3.63) is 24.3 Å². The van der Waals surface area contributed by atoms with Gasteiger partial charge in [0.2, 0.25) is 11.8 Å². The lowest BCUT2D eigenvalue weighted by Crippen LogP contribution is -2.50. The number of carbonyl (C=O) groups is 2. The number of para-hydroxylation sites is 2. The molecule has 2 aliphatic carbocycles. The summed E-state index contributed by atoms with van der Waals surface area (Å²) in [6.45, 7) is 4.01. The van der Waals surface area contributed by atoms with E-state index in [1.54, 1.807) is 0 Å². The lowest BCUT2D eigenvalue weighted by molar-refractivity contribution is -0.141. The van der Waals surface area contributed by atoms with Crippen LogP contribution in [0.15, 0.2) is 24.3 Å². The summed E-state index contributed by atoms with van der Waals surface area (Å²) in [6, 6.07) is 8.32. The van der Waals surface area contributed by atoms with Crippen LogP contribution in [0.2, 0.25) is 0 Å². The summed E-state index contributed by atoms with van der Waals surface area (Å²) in [6.07, 6.45) is 8.10. The highest BCUT2D eigenvalue weighted by molar-refractivity contribution is 6.05. The minimum atomic E-state index is -0.706. The zero-order valence-electron chi connectivity index (χ0n) is 19.5. The number of hydrogen-bond acceptors (Lipinski definition) is 6. The summed E-state index contributed by atoms with van der Waals surface area (Å²) >= 11 is 0. The van der Waals surface area contributed by atoms with E-state index in [-0.39, 0.29) is 30.2 Å². The van der Waals surface area contributed by atoms with Crippen molar-refractivity contribution in [3.63, 3.8) is 0 Å². The van der Waals surface area contributed by atoms with Gasteiger partial charge in [-0.05, 0) is 50.7 Å². The van der Waals surface area contributed by atoms with Gasteiger partial charge in [0.1, 0.15) is 5.75 Å². The summed E-state index contributed by atoms with van der Waals surface area (Å²) in [7, 11) is 0. The lowest BCUT2D eigenvalue weighted by Gasteiger charge is -2.38. The van der Waals surface area contributed by atoms with E-state index in [2.05, 4.69) is 28.0 Å². The smallest absolute Gasteiger partial charge is 0.233 e. The molecule has 1 aromatic rings. The van der Waals surface area contributed by atoms with Crippen molar-refractivity contribution in [2.24, 2.45) is 11.8 Å². The molecular weight excluding hydrogens is 418 g/mol. The van der Waals surface area contributed by atoms with Gasteiger partial charge in [-0.15, -0.1) is 0 Å². The van der Waals surface area contributed by atoms with E-state index >= 15 is 0 Å². The standard InChI is InChI=1S/C26H37N3O4/c30-19(18-29-25(31)21-9-3-4-10-22(21)26(29)32)17-27-13-15-28(16-14-27)23-11-5-6-12-24(23)33-20-7-1-2-8-20/h5-6,11-12,19-22,30H,1-4,7-10,13-18H2. The first-order chi connectivity index (χ1) is 16.1. The number of benzene rings is 1. The molecule has 7 nitrogen and oxygen atoms in total. The van der Waals surface area contributed by atoms with Crippen LogP contribution in [0.1, 0.15) is 51.4 Å². The van der Waals surface area contributed by atoms with E-state index in [0.717, 1.165) is 76.1 Å². The Kier molecular flexibility index (Phi) is 6.88. The van der Waals surface area contributed by atoms with Gasteiger partial charge in [-0.25, -0.2) is 0 Å². The van der Waals surface area contributed by atoms with Gasteiger partial charge in [0, 0.05) is 32.7 Å². The van der Waals surface area contributed by atoms with Crippen molar-refractivity contribution >= 4 is 17.5 Å². The van der Waals surface area contributed by atoms with Crippen LogP contribution in [0.25, 0.3) is 0 Å². The molecule has 1 aromatic carbocycles. The number of ether oxygens (including phenoxy) is 1. The molecule has 33 heavy (non-hydrogen) atoms. The average molecular weight is 456 g/mol. The molecule has 0 radical (unpaired) electrons. The minimum Gasteiger partial charge on any atom is -0.488 e. The van der Waals surface area contributed by atoms with E-state index < -0.39 is 6.10 Å². The topological polar surface area (TPSA) is 73.3 Å². The number of hydrogen-bond donors (Lipinski definition) is 1. The molecule has 7 heteroatoms. The van der Waals surface area contributed by atoms with Gasteiger partial charge in [-0.2, -0.15) is 0 Å². The third-order valence-electron chi connectivity index (χ3n) is 7.97. The van der Waals surface area contributed by atoms with Crippen molar-refractivity contribution < 1.29 is 19.4 Å². The van der Waals surface area contributed by atoms with Crippen LogP contribution in [-0.4, -0.2) is 78.2 Å². The van der Waals surface area contributed by atoms with Gasteiger partial charge in [0.25, 0.3) is 0 Å². The average Bonchev–Trinajstić information content (AvgIpc) is 3.43. The second-order valence-electron chi connectivity index (χ2n) is 10.2. The minimum absolute atomic E-state index is 0.0626. The molecule has 2 amide bonds. The SMILES string of the molecule is O=C1C2CCCCC2C(=O)N1CC(O)CN1CCN(c2ccccc2OC2CCCC2)CC1. The molecule has 2 aliphatic heterocycles. The molecule has 2 saturated heterocycles. The highest BCUT2D eigenvalue weighted by atomic mass is 16.5. The van der Waals surface area contributed by atoms with Crippen LogP contribution >= 0.6 is 0 Å². The summed E-state index contributed by atoms with van der Waals surface area (Å²) < 4.78 is 6.32. The van der Waals surface area contributed by atoms with Crippen molar-refractivity contribution in [1.82, 2.24) is 9.80 Å². The Labute approximate surface area is 196 Å². The second-order valence-corrected chi connectivity index (χ2v) is 10.2. The molecule has 3 unspecified atom stereocenters. The molecule has 1 N–H and O–H groups in total. The molecule has 0 bridgehead atoms. The van der Waals surface area contributed by atoms with Crippen molar-refractivity contribution in [2.45, 2.75) is 63.6 Å². The number of aliphatic hydroxyl groups is 1. The number of piperazine rings is 1. The van der Waals surface area contributed by atoms with E-state index in [0.29, 0.717) is 12.6 Å². The number of amides is 2. The molecule has 0 aromatic heterocycles. The molecule has 180 valence electrons. The van der Waals surface area contributed by atoms with Gasteiger partial charge >= 0.3 is 0 Å². The molecule has 3 atom stereocenters. The number of likely N-dealkylation sites (tertiary alicyclic amines) is 1. The summed E-state index contributed by atoms with van der Waals surface area (Å²) in [4.78, 5) is 31.3. The van der Waals surface area contributed by atoms with Crippen molar-refractivity contribution in [1.29, 1.82) is 0 Å². The summed E-state index contributed by atoms with van der Waals surface area (Å²) in [5, 5.41) is 10.7. The van der Waals surface area contributed by atoms with Gasteiger partial charge < -0.3 is 14.7 Å². The largest absolute Gasteiger partial charge is 0.488 e. The highest BCUT2D eigenvalue weighted by Crippen LogP contribution is 2.38. The number of aliphatic hydroxyl groups excluding tert-OH is 1. The van der Waals surface area contributed by atoms with Crippen LogP contribution in [0.3, 0.4) is 0 Å². The quantitative estimate of drug-likeness (QED) is 0.638. The lowest BCUT2D eigenvalue weighted by atomic mass is 9.81. The summed E-state index contributed by atoms with van der Waals surface area (Å²) in [5.41, 5.74) is 1.15. The Morgan fingerprint density at radius 2 is 1.45 bits per heavy atom. The Hall–Kier alpha value is -2.12. The van der Waals surface area contributed by atoms with Gasteiger partial charge in [-0.1, -0.05) is 25.0 Å². The molecule has 5 rings (SSSR count). The fourth-order valence-corrected chi connectivity index (χ4v) is 6.15. The maximum Gasteiger partial charge on any atom is 0.233 e. The Bertz CT molecular complexity index is 824. The van der Waals surface area contributed by atoms with Crippen LogP contribution < -0.4 is 9.64 Å². The van der Waals surface area contributed by atoms with Crippen LogP contribution in [-0.2, 0) is 9.59 Å². The number of anilines is 1. The van der Waals surface area contributed by atoms with Crippen LogP contribution in [0, 0.1) is 11.8 Å². The number of nitrogens with zero attached hydrogens (tertiary/aromatic N) is 3. The summed E-state index contributed by atoms with van der Waals surface area (Å²) in [5.74, 6) is 0.562. The van der Waals surface area contributed by atoms with Gasteiger partial charge in [-0.3, -0.25) is 19.4 Å². The number of fused-ring (bicyclic) bond motifs is 1. The van der Waals surface area contributed by atoms with E-state index in [4.69, 9.17) is 4.74 Å². The number of β-amino-alcohol motifs (C(OH)–C–C–N with tert-alkyl or cyclic N) is 1. The fraction of sp³-hybridized carbons (Fsp3) is 0.692. The zero-order chi connectivity index (χ0) is 22.8. The molecule has 4 fully saturated rings. The van der Waals surface area contributed by atoms with E-state index in [1.807, 2.05) is 6.07 Å². The predicted molar refractivity (Wildman–Crippen MR) is 126 cm³/mol. The van der Waals surface area contributed by atoms with Gasteiger partial charge in [0.15, 0.2) is 0 Å². The first-order valence-electron chi connectivity index (χ1n) is 12.9. The first kappa shape index (κ1) is 22.7. The van der Waals surface area contributed by atoms with E-state index in [9.17, 15) is 14.7 Å². The van der Waals surface area contributed by atoms with Crippen molar-refractivity contribution in [2.75, 3.05) is 44.2 Å². The first-order valence-corrected chi connectivity index (χ1v) is 12.9. The van der Waals surface area contributed by atoms with Crippen molar-refractivity contribution in [3.8, 4) is 5.75 Å².